The fraction of sp³-hybridized carbons (Fsp3) is 0.529. The van der Waals surface area contributed by atoms with Crippen LogP contribution in [0.2, 0.25) is 0 Å². The molecule has 0 radical (unpaired) electrons. The van der Waals surface area contributed by atoms with Crippen molar-refractivity contribution in [2.45, 2.75) is 35.5 Å². The molecule has 2 heterocycles. The molecule has 1 spiro atoms. The van der Waals surface area contributed by atoms with Gasteiger partial charge >= 0.3 is 0 Å². The van der Waals surface area contributed by atoms with Crippen LogP contribution in [-0.2, 0) is 11.8 Å². The van der Waals surface area contributed by atoms with Crippen molar-refractivity contribution in [2.75, 3.05) is 13.6 Å². The van der Waals surface area contributed by atoms with Crippen LogP contribution in [0, 0.1) is 5.92 Å². The Morgan fingerprint density at radius 2 is 2.26 bits per heavy atom. The second-order valence-electron chi connectivity index (χ2n) is 7.22. The highest BCUT2D eigenvalue weighted by molar-refractivity contribution is 9.10. The van der Waals surface area contributed by atoms with Crippen LogP contribution in [0.15, 0.2) is 22.7 Å². The van der Waals surface area contributed by atoms with E-state index in [0.717, 1.165) is 24.9 Å². The number of phenolic OH excluding ortho intramolecular Hbond substituents is 1. The number of aromatic hydroxyl groups is 1. The Labute approximate surface area is 147 Å². The van der Waals surface area contributed by atoms with Gasteiger partial charge in [0.25, 0.3) is 0 Å². The molecule has 0 aromatic heterocycles. The third-order valence-electron chi connectivity index (χ3n) is 6.25. The molecule has 1 saturated heterocycles. The van der Waals surface area contributed by atoms with Gasteiger partial charge in [-0.15, -0.1) is 0 Å². The fourth-order valence-electron chi connectivity index (χ4n) is 5.29. The highest BCUT2D eigenvalue weighted by atomic mass is 79.9. The Morgan fingerprint density at radius 1 is 1.48 bits per heavy atom. The zero-order valence-electron chi connectivity index (χ0n) is 12.6. The maximum Gasteiger partial charge on any atom is 0.195 e. The number of piperidine rings is 1. The summed E-state index contributed by atoms with van der Waals surface area (Å²) in [6.45, 7) is 0.928. The van der Waals surface area contributed by atoms with Crippen LogP contribution < -0.4 is 4.74 Å². The summed E-state index contributed by atoms with van der Waals surface area (Å²) in [6.07, 6.45) is 4.92. The molecule has 2 aliphatic heterocycles. The molecule has 1 aromatic rings. The lowest BCUT2D eigenvalue weighted by Gasteiger charge is -2.57. The van der Waals surface area contributed by atoms with Crippen LogP contribution >= 0.6 is 27.5 Å². The first kappa shape index (κ1) is 14.6. The molecule has 5 atom stereocenters. The maximum absolute atomic E-state index is 10.7. The number of hydrogen-bond donors (Lipinski definition) is 2. The summed E-state index contributed by atoms with van der Waals surface area (Å²) in [7, 11) is 2.15. The maximum atomic E-state index is 10.7. The Kier molecular flexibility index (Phi) is 2.70. The standard InChI is InChI=1S/C17H17BrClNO3/c1-20-5-4-16-9-2-3-17(19,22)15(16)23-14-12(16)8(7-11(9)20)6-10(18)13(14)21/h2-3,6,9,11,15,21-22H,4-5,7H2,1H3/t9-,11+,15+,16-,17-/m0/s1. The molecule has 4 aliphatic rings. The number of likely N-dealkylation sites (tertiary alicyclic amines) is 1. The highest BCUT2D eigenvalue weighted by Gasteiger charge is 2.67. The van der Waals surface area contributed by atoms with E-state index in [4.69, 9.17) is 16.3 Å². The van der Waals surface area contributed by atoms with Crippen molar-refractivity contribution in [1.29, 1.82) is 0 Å². The molecule has 2 N–H and O–H groups in total. The van der Waals surface area contributed by atoms with E-state index in [1.54, 1.807) is 6.08 Å². The van der Waals surface area contributed by atoms with E-state index in [1.807, 2.05) is 6.07 Å². The predicted molar refractivity (Wildman–Crippen MR) is 90.1 cm³/mol. The highest BCUT2D eigenvalue weighted by Crippen LogP contribution is 2.65. The van der Waals surface area contributed by atoms with Gasteiger partial charge in [0.05, 0.1) is 4.47 Å². The third kappa shape index (κ3) is 1.55. The van der Waals surface area contributed by atoms with Crippen molar-refractivity contribution < 1.29 is 14.9 Å². The summed E-state index contributed by atoms with van der Waals surface area (Å²) in [4.78, 5) is 2.39. The van der Waals surface area contributed by atoms with E-state index in [1.165, 1.54) is 5.56 Å². The summed E-state index contributed by atoms with van der Waals surface area (Å²) in [5, 5.41) is 19.7. The smallest absolute Gasteiger partial charge is 0.195 e. The van der Waals surface area contributed by atoms with Gasteiger partial charge in [-0.25, -0.2) is 0 Å². The van der Waals surface area contributed by atoms with Crippen LogP contribution in [0.1, 0.15) is 17.5 Å². The van der Waals surface area contributed by atoms with Gasteiger partial charge in [0.1, 0.15) is 0 Å². The number of ether oxygens (including phenoxy) is 1. The second kappa shape index (κ2) is 4.26. The minimum absolute atomic E-state index is 0.108. The van der Waals surface area contributed by atoms with Crippen molar-refractivity contribution >= 4 is 27.5 Å². The normalized spacial score (nSPS) is 43.2. The van der Waals surface area contributed by atoms with E-state index < -0.39 is 11.2 Å². The van der Waals surface area contributed by atoms with E-state index in [2.05, 4.69) is 34.0 Å². The van der Waals surface area contributed by atoms with Gasteiger partial charge in [-0.05, 0) is 60.1 Å². The minimum atomic E-state index is -1.55. The van der Waals surface area contributed by atoms with Crippen molar-refractivity contribution in [1.82, 2.24) is 4.90 Å². The van der Waals surface area contributed by atoms with Crippen LogP contribution in [0.3, 0.4) is 0 Å². The van der Waals surface area contributed by atoms with Crippen LogP contribution in [0.25, 0.3) is 0 Å². The molecule has 1 aromatic carbocycles. The van der Waals surface area contributed by atoms with Crippen LogP contribution in [-0.4, -0.2) is 45.9 Å². The Morgan fingerprint density at radius 3 is 3.04 bits per heavy atom. The van der Waals surface area contributed by atoms with E-state index in [0.29, 0.717) is 16.3 Å². The molecule has 4 nitrogen and oxygen atoms in total. The summed E-state index contributed by atoms with van der Waals surface area (Å²) in [5.41, 5.74) is 1.88. The van der Waals surface area contributed by atoms with Crippen LogP contribution in [0.4, 0.5) is 0 Å². The number of phenols is 1. The Balaban J connectivity index is 1.86. The largest absolute Gasteiger partial charge is 0.503 e. The monoisotopic (exact) mass is 397 g/mol. The quantitative estimate of drug-likeness (QED) is 0.521. The number of alkyl halides is 1. The van der Waals surface area contributed by atoms with Gasteiger partial charge in [-0.3, -0.25) is 0 Å². The van der Waals surface area contributed by atoms with Gasteiger partial charge in [0.2, 0.25) is 0 Å². The first-order chi connectivity index (χ1) is 10.9. The van der Waals surface area contributed by atoms with E-state index >= 15 is 0 Å². The second-order valence-corrected chi connectivity index (χ2v) is 8.68. The summed E-state index contributed by atoms with van der Waals surface area (Å²) >= 11 is 9.83. The average molecular weight is 399 g/mol. The molecule has 5 rings (SSSR count). The first-order valence-electron chi connectivity index (χ1n) is 7.88. The number of halogens is 2. The molecule has 0 unspecified atom stereocenters. The molecule has 1 fully saturated rings. The molecule has 2 bridgehead atoms. The van der Waals surface area contributed by atoms with E-state index in [-0.39, 0.29) is 17.1 Å². The van der Waals surface area contributed by atoms with Gasteiger partial charge in [-0.1, -0.05) is 17.7 Å². The summed E-state index contributed by atoms with van der Waals surface area (Å²) in [6, 6.07) is 2.35. The lowest BCUT2D eigenvalue weighted by Crippen LogP contribution is -2.66. The number of rotatable bonds is 0. The third-order valence-corrected chi connectivity index (χ3v) is 7.18. The molecule has 0 amide bonds. The summed E-state index contributed by atoms with van der Waals surface area (Å²) in [5.74, 6) is 0.839. The fourth-order valence-corrected chi connectivity index (χ4v) is 6.06. The number of benzene rings is 1. The van der Waals surface area contributed by atoms with Crippen molar-refractivity contribution in [3.8, 4) is 11.5 Å². The number of likely N-dealkylation sites (N-methyl/N-ethyl adjacent to an activating group) is 1. The van der Waals surface area contributed by atoms with Crippen molar-refractivity contribution in [2.24, 2.45) is 5.92 Å². The van der Waals surface area contributed by atoms with Gasteiger partial charge < -0.3 is 19.8 Å². The van der Waals surface area contributed by atoms with Crippen LogP contribution in [0.5, 0.6) is 11.5 Å². The molecular formula is C17H17BrClNO3. The van der Waals surface area contributed by atoms with Crippen molar-refractivity contribution in [3.05, 3.63) is 33.8 Å². The van der Waals surface area contributed by atoms with Gasteiger partial charge in [0.15, 0.2) is 22.7 Å². The topological polar surface area (TPSA) is 52.9 Å². The zero-order valence-corrected chi connectivity index (χ0v) is 14.9. The Hall–Kier alpha value is -0.750. The first-order valence-corrected chi connectivity index (χ1v) is 9.06. The van der Waals surface area contributed by atoms with E-state index in [9.17, 15) is 10.2 Å². The number of hydrogen-bond acceptors (Lipinski definition) is 4. The average Bonchev–Trinajstić information content (AvgIpc) is 2.85. The van der Waals surface area contributed by atoms with Gasteiger partial charge in [-0.2, -0.15) is 0 Å². The molecule has 6 heteroatoms. The zero-order chi connectivity index (χ0) is 16.1. The minimum Gasteiger partial charge on any atom is -0.503 e. The summed E-state index contributed by atoms with van der Waals surface area (Å²) < 4.78 is 6.74. The molecule has 2 aliphatic carbocycles. The Bertz CT molecular complexity index is 765. The lowest BCUT2D eigenvalue weighted by atomic mass is 9.53. The molecule has 0 saturated carbocycles. The molecular weight excluding hydrogens is 382 g/mol. The number of aliphatic hydroxyl groups is 1. The molecule has 122 valence electrons. The number of nitrogens with zero attached hydrogens (tertiary/aromatic N) is 1. The molecule has 23 heavy (non-hydrogen) atoms. The van der Waals surface area contributed by atoms with Crippen molar-refractivity contribution in [3.63, 3.8) is 0 Å². The lowest BCUT2D eigenvalue weighted by molar-refractivity contribution is -0.0617. The SMILES string of the molecule is CN1CC[C@]23c4c5cc(Br)c(O)c4O[C@H]2[C@](O)(Cl)C=C[C@H]3[C@H]1C5. The van der Waals surface area contributed by atoms with Gasteiger partial charge in [0, 0.05) is 22.9 Å². The predicted octanol–water partition coefficient (Wildman–Crippen LogP) is 2.53.